The SMILES string of the molecule is Cc1cc(C(=O)N2CCC(C(C)C)CC2)ccc1F. The normalized spacial score (nSPS) is 17.0. The standard InChI is InChI=1S/C16H22FNO/c1-11(2)13-6-8-18(9-7-13)16(19)14-4-5-15(17)12(3)10-14/h4-5,10-11,13H,6-9H2,1-3H3. The topological polar surface area (TPSA) is 20.3 Å². The number of aryl methyl sites for hydroxylation is 1. The number of nitrogens with zero attached hydrogens (tertiary/aromatic N) is 1. The summed E-state index contributed by atoms with van der Waals surface area (Å²) in [5.74, 6) is 1.18. The molecule has 1 fully saturated rings. The van der Waals surface area contributed by atoms with Crippen LogP contribution in [0.3, 0.4) is 0 Å². The third-order valence-electron chi connectivity index (χ3n) is 4.17. The molecule has 104 valence electrons. The molecule has 0 spiro atoms. The van der Waals surface area contributed by atoms with Crippen molar-refractivity contribution in [2.75, 3.05) is 13.1 Å². The van der Waals surface area contributed by atoms with Crippen molar-refractivity contribution in [1.82, 2.24) is 4.90 Å². The predicted octanol–water partition coefficient (Wildman–Crippen LogP) is 3.64. The van der Waals surface area contributed by atoms with Gasteiger partial charge in [0.1, 0.15) is 5.82 Å². The summed E-state index contributed by atoms with van der Waals surface area (Å²) >= 11 is 0. The first-order valence-corrected chi connectivity index (χ1v) is 7.04. The summed E-state index contributed by atoms with van der Waals surface area (Å²) in [6, 6.07) is 4.61. The summed E-state index contributed by atoms with van der Waals surface area (Å²) in [4.78, 5) is 14.2. The van der Waals surface area contributed by atoms with Crippen molar-refractivity contribution < 1.29 is 9.18 Å². The van der Waals surface area contributed by atoms with Crippen molar-refractivity contribution in [3.63, 3.8) is 0 Å². The summed E-state index contributed by atoms with van der Waals surface area (Å²) in [5, 5.41) is 0. The van der Waals surface area contributed by atoms with E-state index in [-0.39, 0.29) is 11.7 Å². The van der Waals surface area contributed by atoms with Crippen molar-refractivity contribution >= 4 is 5.91 Å². The Kier molecular flexibility index (Phi) is 4.23. The van der Waals surface area contributed by atoms with Crippen molar-refractivity contribution in [1.29, 1.82) is 0 Å². The molecule has 0 atom stereocenters. The molecule has 1 amide bonds. The van der Waals surface area contributed by atoms with Gasteiger partial charge in [-0.1, -0.05) is 13.8 Å². The average Bonchev–Trinajstić information content (AvgIpc) is 2.41. The van der Waals surface area contributed by atoms with Gasteiger partial charge in [0, 0.05) is 18.7 Å². The van der Waals surface area contributed by atoms with E-state index >= 15 is 0 Å². The lowest BCUT2D eigenvalue weighted by Gasteiger charge is -2.34. The Balaban J connectivity index is 2.03. The number of halogens is 1. The highest BCUT2D eigenvalue weighted by atomic mass is 19.1. The lowest BCUT2D eigenvalue weighted by molar-refractivity contribution is 0.0667. The number of benzene rings is 1. The van der Waals surface area contributed by atoms with Gasteiger partial charge in [-0.05, 0) is 55.4 Å². The van der Waals surface area contributed by atoms with Crippen LogP contribution in [0.2, 0.25) is 0 Å². The quantitative estimate of drug-likeness (QED) is 0.797. The second kappa shape index (κ2) is 5.72. The van der Waals surface area contributed by atoms with E-state index in [9.17, 15) is 9.18 Å². The van der Waals surface area contributed by atoms with Crippen LogP contribution in [0.15, 0.2) is 18.2 Å². The van der Waals surface area contributed by atoms with Gasteiger partial charge in [-0.25, -0.2) is 4.39 Å². The van der Waals surface area contributed by atoms with Gasteiger partial charge in [-0.15, -0.1) is 0 Å². The minimum absolute atomic E-state index is 0.0327. The Hall–Kier alpha value is -1.38. The molecule has 1 heterocycles. The van der Waals surface area contributed by atoms with Gasteiger partial charge in [-0.2, -0.15) is 0 Å². The summed E-state index contributed by atoms with van der Waals surface area (Å²) in [6.45, 7) is 7.81. The number of carbonyl (C=O) groups is 1. The molecule has 1 aromatic rings. The third-order valence-corrected chi connectivity index (χ3v) is 4.17. The van der Waals surface area contributed by atoms with Crippen molar-refractivity contribution in [2.45, 2.75) is 33.6 Å². The van der Waals surface area contributed by atoms with Gasteiger partial charge < -0.3 is 4.90 Å². The lowest BCUT2D eigenvalue weighted by Crippen LogP contribution is -2.39. The van der Waals surface area contributed by atoms with Crippen molar-refractivity contribution in [2.24, 2.45) is 11.8 Å². The smallest absolute Gasteiger partial charge is 0.253 e. The van der Waals surface area contributed by atoms with E-state index in [1.54, 1.807) is 19.1 Å². The summed E-state index contributed by atoms with van der Waals surface area (Å²) in [6.07, 6.45) is 2.15. The molecule has 0 saturated carbocycles. The molecule has 1 aliphatic heterocycles. The fourth-order valence-electron chi connectivity index (χ4n) is 2.73. The van der Waals surface area contributed by atoms with E-state index in [1.807, 2.05) is 4.90 Å². The molecule has 19 heavy (non-hydrogen) atoms. The van der Waals surface area contributed by atoms with Crippen LogP contribution in [0, 0.1) is 24.6 Å². The Labute approximate surface area is 114 Å². The van der Waals surface area contributed by atoms with Crippen LogP contribution in [0.4, 0.5) is 4.39 Å². The molecule has 1 aliphatic rings. The highest BCUT2D eigenvalue weighted by Crippen LogP contribution is 2.25. The molecule has 3 heteroatoms. The van der Waals surface area contributed by atoms with Crippen molar-refractivity contribution in [3.05, 3.63) is 35.1 Å². The Bertz CT molecular complexity index is 462. The predicted molar refractivity (Wildman–Crippen MR) is 74.6 cm³/mol. The molecule has 1 aromatic carbocycles. The second-order valence-electron chi connectivity index (χ2n) is 5.84. The highest BCUT2D eigenvalue weighted by molar-refractivity contribution is 5.94. The Morgan fingerprint density at radius 3 is 2.47 bits per heavy atom. The minimum atomic E-state index is -0.255. The second-order valence-corrected chi connectivity index (χ2v) is 5.84. The van der Waals surface area contributed by atoms with Crippen LogP contribution in [-0.4, -0.2) is 23.9 Å². The first kappa shape index (κ1) is 14.0. The molecule has 0 N–H and O–H groups in total. The van der Waals surface area contributed by atoms with Gasteiger partial charge >= 0.3 is 0 Å². The van der Waals surface area contributed by atoms with Crippen LogP contribution >= 0.6 is 0 Å². The van der Waals surface area contributed by atoms with Gasteiger partial charge in [-0.3, -0.25) is 4.79 Å². The van der Waals surface area contributed by atoms with Crippen molar-refractivity contribution in [3.8, 4) is 0 Å². The van der Waals surface area contributed by atoms with E-state index < -0.39 is 0 Å². The molecule has 0 aliphatic carbocycles. The zero-order valence-electron chi connectivity index (χ0n) is 11.9. The van der Waals surface area contributed by atoms with Gasteiger partial charge in [0.25, 0.3) is 5.91 Å². The fraction of sp³-hybridized carbons (Fsp3) is 0.562. The molecular formula is C16H22FNO. The molecular weight excluding hydrogens is 241 g/mol. The number of likely N-dealkylation sites (tertiary alicyclic amines) is 1. The number of rotatable bonds is 2. The highest BCUT2D eigenvalue weighted by Gasteiger charge is 2.25. The maximum absolute atomic E-state index is 13.2. The van der Waals surface area contributed by atoms with Gasteiger partial charge in [0.05, 0.1) is 0 Å². The Morgan fingerprint density at radius 1 is 1.32 bits per heavy atom. The zero-order valence-corrected chi connectivity index (χ0v) is 11.9. The number of carbonyl (C=O) groups excluding carboxylic acids is 1. The monoisotopic (exact) mass is 263 g/mol. The first-order chi connectivity index (χ1) is 8.99. The van der Waals surface area contributed by atoms with Crippen LogP contribution in [0.1, 0.15) is 42.6 Å². The maximum Gasteiger partial charge on any atom is 0.253 e. The van der Waals surface area contributed by atoms with Crippen LogP contribution in [0.5, 0.6) is 0 Å². The van der Waals surface area contributed by atoms with Gasteiger partial charge in [0.2, 0.25) is 0 Å². The number of hydrogen-bond acceptors (Lipinski definition) is 1. The maximum atomic E-state index is 13.2. The molecule has 2 nitrogen and oxygen atoms in total. The summed E-state index contributed by atoms with van der Waals surface area (Å²) < 4.78 is 13.2. The first-order valence-electron chi connectivity index (χ1n) is 7.04. The summed E-state index contributed by atoms with van der Waals surface area (Å²) in [7, 11) is 0. The third kappa shape index (κ3) is 3.14. The van der Waals surface area contributed by atoms with E-state index in [0.717, 1.165) is 31.8 Å². The number of hydrogen-bond donors (Lipinski definition) is 0. The number of piperidine rings is 1. The van der Waals surface area contributed by atoms with Crippen LogP contribution < -0.4 is 0 Å². The zero-order chi connectivity index (χ0) is 14.0. The van der Waals surface area contributed by atoms with E-state index in [0.29, 0.717) is 17.0 Å². The molecule has 0 radical (unpaired) electrons. The Morgan fingerprint density at radius 2 is 1.95 bits per heavy atom. The molecule has 0 bridgehead atoms. The van der Waals surface area contributed by atoms with Gasteiger partial charge in [0.15, 0.2) is 0 Å². The van der Waals surface area contributed by atoms with Crippen LogP contribution in [0.25, 0.3) is 0 Å². The van der Waals surface area contributed by atoms with E-state index in [4.69, 9.17) is 0 Å². The fourth-order valence-corrected chi connectivity index (χ4v) is 2.73. The minimum Gasteiger partial charge on any atom is -0.339 e. The molecule has 2 rings (SSSR count). The molecule has 0 unspecified atom stereocenters. The molecule has 0 aromatic heterocycles. The lowest BCUT2D eigenvalue weighted by atomic mass is 9.86. The van der Waals surface area contributed by atoms with Crippen LogP contribution in [-0.2, 0) is 0 Å². The molecule has 1 saturated heterocycles. The largest absolute Gasteiger partial charge is 0.339 e. The summed E-state index contributed by atoms with van der Waals surface area (Å²) in [5.41, 5.74) is 1.13. The van der Waals surface area contributed by atoms with E-state index in [2.05, 4.69) is 13.8 Å². The number of amides is 1. The van der Waals surface area contributed by atoms with E-state index in [1.165, 1.54) is 6.07 Å². The average molecular weight is 263 g/mol.